The molecule has 0 heterocycles. The molecule has 3 aromatic carbocycles. The van der Waals surface area contributed by atoms with Crippen LogP contribution in [0.25, 0.3) is 11.1 Å². The van der Waals surface area contributed by atoms with Crippen LogP contribution in [0.15, 0.2) is 84.9 Å². The zero-order valence-electron chi connectivity index (χ0n) is 21.2. The van der Waals surface area contributed by atoms with Gasteiger partial charge in [-0.3, -0.25) is 19.5 Å². The monoisotopic (exact) mass is 538 g/mol. The fourth-order valence-electron chi connectivity index (χ4n) is 4.23. The molecule has 0 bridgehead atoms. The lowest BCUT2D eigenvalue weighted by Gasteiger charge is -2.26. The van der Waals surface area contributed by atoms with Crippen molar-refractivity contribution in [1.82, 2.24) is 10.6 Å². The Morgan fingerprint density at radius 2 is 1.34 bits per heavy atom. The Balaban J connectivity index is 1.71. The number of amides is 1. The molecule has 0 saturated carbocycles. The highest BCUT2D eigenvalue weighted by Gasteiger charge is 2.34. The molecule has 38 heavy (non-hydrogen) atoms. The number of carboxylic acids is 1. The average molecular weight is 539 g/mol. The fourth-order valence-corrected chi connectivity index (χ4v) is 5.16. The van der Waals surface area contributed by atoms with E-state index in [2.05, 4.69) is 10.6 Å². The number of aliphatic carboxylic acids is 1. The first-order valence-electron chi connectivity index (χ1n) is 12.7. The maximum absolute atomic E-state index is 13.2. The lowest BCUT2D eigenvalue weighted by molar-refractivity contribution is -0.137. The third-order valence-corrected chi connectivity index (χ3v) is 7.36. The quantitative estimate of drug-likeness (QED) is 0.137. The van der Waals surface area contributed by atoms with Crippen molar-refractivity contribution in [3.05, 3.63) is 96.1 Å². The molecule has 0 spiro atoms. The molecule has 5 N–H and O–H groups in total. The smallest absolute Gasteiger partial charge is 0.346 e. The Morgan fingerprint density at radius 1 is 0.763 bits per heavy atom. The van der Waals surface area contributed by atoms with Gasteiger partial charge in [0.05, 0.1) is 6.04 Å². The van der Waals surface area contributed by atoms with E-state index in [1.165, 1.54) is 0 Å². The van der Waals surface area contributed by atoms with Gasteiger partial charge in [0.15, 0.2) is 0 Å². The van der Waals surface area contributed by atoms with E-state index in [0.717, 1.165) is 29.5 Å². The van der Waals surface area contributed by atoms with Gasteiger partial charge in [-0.05, 0) is 41.5 Å². The van der Waals surface area contributed by atoms with Crippen molar-refractivity contribution in [2.24, 2.45) is 0 Å². The van der Waals surface area contributed by atoms with Crippen LogP contribution in [0, 0.1) is 0 Å². The number of benzene rings is 3. The summed E-state index contributed by atoms with van der Waals surface area (Å²) in [6, 6.07) is 25.2. The van der Waals surface area contributed by atoms with Crippen molar-refractivity contribution >= 4 is 19.5 Å². The van der Waals surface area contributed by atoms with Gasteiger partial charge < -0.3 is 20.2 Å². The summed E-state index contributed by atoms with van der Waals surface area (Å²) in [6.07, 6.45) is 3.18. The van der Waals surface area contributed by atoms with Gasteiger partial charge in [0, 0.05) is 13.0 Å². The number of unbranched alkanes of at least 4 members (excludes halogenated alkanes) is 3. The summed E-state index contributed by atoms with van der Waals surface area (Å²) in [4.78, 5) is 44.0. The zero-order valence-corrected chi connectivity index (χ0v) is 22.1. The van der Waals surface area contributed by atoms with Gasteiger partial charge in [-0.15, -0.1) is 0 Å². The minimum atomic E-state index is -4.64. The van der Waals surface area contributed by atoms with Crippen LogP contribution in [-0.2, 0) is 20.6 Å². The van der Waals surface area contributed by atoms with Gasteiger partial charge in [-0.25, -0.2) is 0 Å². The van der Waals surface area contributed by atoms with E-state index in [-0.39, 0.29) is 18.7 Å². The predicted octanol–water partition coefficient (Wildman–Crippen LogP) is 4.88. The molecule has 2 unspecified atom stereocenters. The molecule has 0 aliphatic rings. The van der Waals surface area contributed by atoms with Gasteiger partial charge in [0.2, 0.25) is 5.91 Å². The Morgan fingerprint density at radius 3 is 1.95 bits per heavy atom. The molecule has 9 heteroatoms. The lowest BCUT2D eigenvalue weighted by atomic mass is 10.00. The Bertz CT molecular complexity index is 1200. The normalized spacial score (nSPS) is 13.0. The third-order valence-electron chi connectivity index (χ3n) is 6.24. The number of hydrogen-bond donors (Lipinski definition) is 5. The molecule has 0 fully saturated rings. The fraction of sp³-hybridized carbons (Fsp3) is 0.310. The van der Waals surface area contributed by atoms with Gasteiger partial charge in [0.25, 0.3) is 0 Å². The van der Waals surface area contributed by atoms with Gasteiger partial charge in [-0.2, -0.15) is 0 Å². The summed E-state index contributed by atoms with van der Waals surface area (Å²) in [5.41, 5.74) is 3.35. The minimum absolute atomic E-state index is 0.130. The van der Waals surface area contributed by atoms with E-state index in [9.17, 15) is 23.9 Å². The van der Waals surface area contributed by atoms with Gasteiger partial charge >= 0.3 is 13.6 Å². The summed E-state index contributed by atoms with van der Waals surface area (Å²) in [6.45, 7) is 0.392. The van der Waals surface area contributed by atoms with Crippen LogP contribution in [0.5, 0.6) is 0 Å². The third kappa shape index (κ3) is 9.54. The summed E-state index contributed by atoms with van der Waals surface area (Å²) < 4.78 is 12.4. The first-order chi connectivity index (χ1) is 18.2. The van der Waals surface area contributed by atoms with E-state index in [0.29, 0.717) is 24.9 Å². The van der Waals surface area contributed by atoms with Crippen molar-refractivity contribution in [1.29, 1.82) is 0 Å². The zero-order chi connectivity index (χ0) is 27.4. The molecule has 3 rings (SSSR count). The predicted molar refractivity (Wildman–Crippen MR) is 147 cm³/mol. The molecule has 8 nitrogen and oxygen atoms in total. The minimum Gasteiger partial charge on any atom is -0.481 e. The number of carbonyl (C=O) groups excluding carboxylic acids is 1. The van der Waals surface area contributed by atoms with Crippen molar-refractivity contribution in [2.45, 2.75) is 50.3 Å². The summed E-state index contributed by atoms with van der Waals surface area (Å²) in [7, 11) is -4.64. The highest BCUT2D eigenvalue weighted by Crippen LogP contribution is 2.50. The molecule has 3 aromatic rings. The number of hydrogen-bond acceptors (Lipinski definition) is 4. The number of rotatable bonds is 15. The second-order valence-corrected chi connectivity index (χ2v) is 10.9. The van der Waals surface area contributed by atoms with E-state index in [4.69, 9.17) is 5.11 Å². The maximum atomic E-state index is 13.2. The Hall–Kier alpha value is -3.29. The van der Waals surface area contributed by atoms with Crippen LogP contribution in [0.2, 0.25) is 0 Å². The van der Waals surface area contributed by atoms with Crippen LogP contribution < -0.4 is 10.6 Å². The molecule has 0 aliphatic carbocycles. The van der Waals surface area contributed by atoms with E-state index < -0.39 is 25.4 Å². The molecule has 1 amide bonds. The van der Waals surface area contributed by atoms with E-state index in [1.54, 1.807) is 30.3 Å². The van der Waals surface area contributed by atoms with E-state index in [1.807, 2.05) is 54.6 Å². The standard InChI is InChI=1S/C29H35N2O6P/c32-27(33)15-9-1-2-10-20-30-28(34)26(31-29(38(35,36)37)25-13-7-4-8-14-25)21-22-16-18-24(19-17-22)23-11-5-3-6-12-23/h3-8,11-14,16-19,26,29,31H,1-2,9-10,15,20-21H2,(H,30,34)(H,32,33)(H2,35,36,37). The molecule has 0 aliphatic heterocycles. The lowest BCUT2D eigenvalue weighted by Crippen LogP contribution is -2.47. The maximum Gasteiger partial charge on any atom is 0.346 e. The largest absolute Gasteiger partial charge is 0.481 e. The molecule has 2 atom stereocenters. The van der Waals surface area contributed by atoms with Crippen molar-refractivity contribution < 1.29 is 29.0 Å². The summed E-state index contributed by atoms with van der Waals surface area (Å²) in [5, 5.41) is 14.6. The van der Waals surface area contributed by atoms with Crippen molar-refractivity contribution in [2.75, 3.05) is 6.54 Å². The second kappa shape index (κ2) is 14.6. The molecule has 0 aromatic heterocycles. The summed E-state index contributed by atoms with van der Waals surface area (Å²) >= 11 is 0. The number of nitrogens with one attached hydrogen (secondary N) is 2. The molecular weight excluding hydrogens is 503 g/mol. The Kier molecular flexibility index (Phi) is 11.2. The van der Waals surface area contributed by atoms with Gasteiger partial charge in [0.1, 0.15) is 5.78 Å². The molecule has 0 radical (unpaired) electrons. The first kappa shape index (κ1) is 29.3. The number of carboxylic acid groups (broad SMARTS) is 1. The van der Waals surface area contributed by atoms with Crippen LogP contribution in [0.1, 0.15) is 49.0 Å². The van der Waals surface area contributed by atoms with Crippen LogP contribution in [0.3, 0.4) is 0 Å². The van der Waals surface area contributed by atoms with Crippen LogP contribution in [-0.4, -0.2) is 39.4 Å². The highest BCUT2D eigenvalue weighted by molar-refractivity contribution is 7.52. The van der Waals surface area contributed by atoms with Crippen molar-refractivity contribution in [3.8, 4) is 11.1 Å². The first-order valence-corrected chi connectivity index (χ1v) is 14.4. The molecule has 0 saturated heterocycles. The van der Waals surface area contributed by atoms with Crippen LogP contribution >= 0.6 is 7.60 Å². The van der Waals surface area contributed by atoms with E-state index >= 15 is 0 Å². The SMILES string of the molecule is O=C(O)CCCCCCNC(=O)C(Cc1ccc(-c2ccccc2)cc1)NC(c1ccccc1)P(=O)(O)O. The average Bonchev–Trinajstić information content (AvgIpc) is 2.90. The highest BCUT2D eigenvalue weighted by atomic mass is 31.2. The topological polar surface area (TPSA) is 136 Å². The molecule has 202 valence electrons. The Labute approximate surface area is 223 Å². The van der Waals surface area contributed by atoms with Crippen molar-refractivity contribution in [3.63, 3.8) is 0 Å². The molecular formula is C29H35N2O6P. The number of carbonyl (C=O) groups is 2. The summed E-state index contributed by atoms with van der Waals surface area (Å²) in [5.74, 6) is -2.50. The van der Waals surface area contributed by atoms with Crippen LogP contribution in [0.4, 0.5) is 0 Å². The van der Waals surface area contributed by atoms with Gasteiger partial charge in [-0.1, -0.05) is 97.8 Å². The second-order valence-electron chi connectivity index (χ2n) is 9.24.